The molecule has 0 radical (unpaired) electrons. The van der Waals surface area contributed by atoms with Gasteiger partial charge in [-0.15, -0.1) is 0 Å². The molecule has 116 valence electrons. The Kier molecular flexibility index (Phi) is 4.22. The van der Waals surface area contributed by atoms with Gasteiger partial charge in [-0.2, -0.15) is 0 Å². The smallest absolute Gasteiger partial charge is 0.238 e. The van der Waals surface area contributed by atoms with E-state index in [0.717, 1.165) is 18.5 Å². The van der Waals surface area contributed by atoms with Crippen LogP contribution in [0.3, 0.4) is 0 Å². The average molecular weight is 302 g/mol. The zero-order chi connectivity index (χ0) is 15.5. The van der Waals surface area contributed by atoms with Crippen LogP contribution in [0.1, 0.15) is 17.5 Å². The summed E-state index contributed by atoms with van der Waals surface area (Å²) in [7, 11) is 0. The van der Waals surface area contributed by atoms with Crippen LogP contribution >= 0.6 is 0 Å². The number of para-hydroxylation sites is 1. The number of Topliss-reactive ketones (excluding diaryl/α,β-unsaturated/α-hetero) is 1. The number of carbonyl (C=O) groups is 2. The van der Waals surface area contributed by atoms with Gasteiger partial charge in [0, 0.05) is 25.4 Å². The second-order valence-electron chi connectivity index (χ2n) is 5.30. The van der Waals surface area contributed by atoms with Crippen molar-refractivity contribution in [2.24, 2.45) is 0 Å². The second-order valence-corrected chi connectivity index (χ2v) is 5.30. The Morgan fingerprint density at radius 2 is 1.95 bits per heavy atom. The van der Waals surface area contributed by atoms with Crippen LogP contribution in [0.4, 0.5) is 5.69 Å². The molecule has 3 rings (SSSR count). The highest BCUT2D eigenvalue weighted by Gasteiger charge is 2.21. The van der Waals surface area contributed by atoms with Crippen LogP contribution in [0.25, 0.3) is 11.0 Å². The molecular formula is C16H18N2O4. The van der Waals surface area contributed by atoms with Crippen LogP contribution in [0, 0.1) is 0 Å². The minimum atomic E-state index is -0.210. The van der Waals surface area contributed by atoms with E-state index in [9.17, 15) is 9.59 Å². The van der Waals surface area contributed by atoms with Gasteiger partial charge in [-0.3, -0.25) is 14.5 Å². The van der Waals surface area contributed by atoms with Crippen LogP contribution in [-0.2, 0) is 9.53 Å². The Morgan fingerprint density at radius 3 is 2.68 bits per heavy atom. The van der Waals surface area contributed by atoms with Crippen LogP contribution in [-0.4, -0.2) is 49.4 Å². The van der Waals surface area contributed by atoms with Gasteiger partial charge in [0.15, 0.2) is 11.5 Å². The maximum Gasteiger partial charge on any atom is 0.238 e. The summed E-state index contributed by atoms with van der Waals surface area (Å²) in [5, 5.41) is 3.57. The summed E-state index contributed by atoms with van der Waals surface area (Å²) in [4.78, 5) is 26.0. The highest BCUT2D eigenvalue weighted by Crippen LogP contribution is 2.31. The summed E-state index contributed by atoms with van der Waals surface area (Å²) in [5.41, 5.74) is 1.05. The Bertz CT molecular complexity index is 701. The number of rotatable bonds is 4. The fraction of sp³-hybridized carbons (Fsp3) is 0.375. The third-order valence-electron chi connectivity index (χ3n) is 3.65. The van der Waals surface area contributed by atoms with Crippen molar-refractivity contribution in [3.05, 3.63) is 30.0 Å². The largest absolute Gasteiger partial charge is 0.451 e. The van der Waals surface area contributed by atoms with Crippen molar-refractivity contribution < 1.29 is 18.7 Å². The number of morpholine rings is 1. The summed E-state index contributed by atoms with van der Waals surface area (Å²) in [5.74, 6) is -0.176. The van der Waals surface area contributed by atoms with Gasteiger partial charge < -0.3 is 14.5 Å². The van der Waals surface area contributed by atoms with Crippen LogP contribution in [0.2, 0.25) is 0 Å². The van der Waals surface area contributed by atoms with Gasteiger partial charge in [-0.25, -0.2) is 0 Å². The lowest BCUT2D eigenvalue weighted by atomic mass is 10.2. The summed E-state index contributed by atoms with van der Waals surface area (Å²) >= 11 is 0. The van der Waals surface area contributed by atoms with E-state index in [-0.39, 0.29) is 24.0 Å². The molecule has 1 aromatic heterocycles. The van der Waals surface area contributed by atoms with Crippen molar-refractivity contribution in [3.8, 4) is 0 Å². The SMILES string of the molecule is CC(=O)c1oc2ccccc2c1NC(=O)CN1CCOCC1. The predicted octanol–water partition coefficient (Wildman–Crippen LogP) is 1.91. The Balaban J connectivity index is 1.81. The second kappa shape index (κ2) is 6.29. The van der Waals surface area contributed by atoms with Gasteiger partial charge >= 0.3 is 0 Å². The average Bonchev–Trinajstić information content (AvgIpc) is 2.87. The molecule has 1 saturated heterocycles. The zero-order valence-corrected chi connectivity index (χ0v) is 12.4. The molecule has 0 atom stereocenters. The number of anilines is 1. The normalized spacial score (nSPS) is 15.9. The molecule has 1 N–H and O–H groups in total. The molecule has 0 spiro atoms. The Morgan fingerprint density at radius 1 is 1.23 bits per heavy atom. The molecule has 1 aliphatic rings. The van der Waals surface area contributed by atoms with Crippen LogP contribution in [0.15, 0.2) is 28.7 Å². The van der Waals surface area contributed by atoms with E-state index in [1.807, 2.05) is 23.1 Å². The van der Waals surface area contributed by atoms with E-state index < -0.39 is 0 Å². The molecule has 0 saturated carbocycles. The first-order chi connectivity index (χ1) is 10.6. The molecule has 1 fully saturated rings. The molecule has 2 heterocycles. The zero-order valence-electron chi connectivity index (χ0n) is 12.4. The lowest BCUT2D eigenvalue weighted by Gasteiger charge is -2.25. The molecule has 1 aromatic carbocycles. The summed E-state index contributed by atoms with van der Waals surface area (Å²) in [6, 6.07) is 7.28. The van der Waals surface area contributed by atoms with Gasteiger partial charge in [-0.05, 0) is 12.1 Å². The quantitative estimate of drug-likeness (QED) is 0.873. The number of benzene rings is 1. The van der Waals surface area contributed by atoms with Gasteiger partial charge in [0.05, 0.1) is 25.4 Å². The van der Waals surface area contributed by atoms with E-state index in [1.54, 1.807) is 6.07 Å². The number of hydrogen-bond donors (Lipinski definition) is 1. The molecule has 0 bridgehead atoms. The van der Waals surface area contributed by atoms with Crippen molar-refractivity contribution in [2.75, 3.05) is 38.2 Å². The first-order valence-electron chi connectivity index (χ1n) is 7.27. The van der Waals surface area contributed by atoms with Crippen molar-refractivity contribution in [1.82, 2.24) is 4.90 Å². The summed E-state index contributed by atoms with van der Waals surface area (Å²) in [6.07, 6.45) is 0. The fourth-order valence-electron chi connectivity index (χ4n) is 2.56. The van der Waals surface area contributed by atoms with E-state index >= 15 is 0 Å². The van der Waals surface area contributed by atoms with Gasteiger partial charge in [-0.1, -0.05) is 12.1 Å². The molecule has 2 aromatic rings. The van der Waals surface area contributed by atoms with Crippen molar-refractivity contribution >= 4 is 28.3 Å². The van der Waals surface area contributed by atoms with E-state index in [0.29, 0.717) is 24.5 Å². The molecule has 6 nitrogen and oxygen atoms in total. The lowest BCUT2D eigenvalue weighted by Crippen LogP contribution is -2.41. The number of nitrogens with one attached hydrogen (secondary N) is 1. The van der Waals surface area contributed by atoms with Gasteiger partial charge in [0.2, 0.25) is 5.91 Å². The maximum atomic E-state index is 12.3. The molecule has 0 unspecified atom stereocenters. The Hall–Kier alpha value is -2.18. The highest BCUT2D eigenvalue weighted by molar-refractivity contribution is 6.11. The third kappa shape index (κ3) is 3.03. The molecule has 1 amide bonds. The molecule has 22 heavy (non-hydrogen) atoms. The minimum absolute atomic E-state index is 0.157. The monoisotopic (exact) mass is 302 g/mol. The molecule has 0 aliphatic carbocycles. The Labute approximate surface area is 128 Å². The van der Waals surface area contributed by atoms with Crippen molar-refractivity contribution in [1.29, 1.82) is 0 Å². The van der Waals surface area contributed by atoms with Crippen molar-refractivity contribution in [2.45, 2.75) is 6.92 Å². The molecule has 1 aliphatic heterocycles. The first-order valence-corrected chi connectivity index (χ1v) is 7.27. The van der Waals surface area contributed by atoms with Crippen LogP contribution < -0.4 is 5.32 Å². The fourth-order valence-corrected chi connectivity index (χ4v) is 2.56. The van der Waals surface area contributed by atoms with E-state index in [4.69, 9.17) is 9.15 Å². The van der Waals surface area contributed by atoms with Gasteiger partial charge in [0.25, 0.3) is 0 Å². The molecular weight excluding hydrogens is 284 g/mol. The number of carbonyl (C=O) groups excluding carboxylic acids is 2. The number of furan rings is 1. The standard InChI is InChI=1S/C16H18N2O4/c1-11(19)16-15(12-4-2-3-5-13(12)22-16)17-14(20)10-18-6-8-21-9-7-18/h2-5H,6-10H2,1H3,(H,17,20). The van der Waals surface area contributed by atoms with E-state index in [2.05, 4.69) is 5.32 Å². The number of ketones is 1. The van der Waals surface area contributed by atoms with Crippen LogP contribution in [0.5, 0.6) is 0 Å². The highest BCUT2D eigenvalue weighted by atomic mass is 16.5. The summed E-state index contributed by atoms with van der Waals surface area (Å²) < 4.78 is 10.8. The first kappa shape index (κ1) is 14.7. The minimum Gasteiger partial charge on any atom is -0.451 e. The topological polar surface area (TPSA) is 71.8 Å². The predicted molar refractivity (Wildman–Crippen MR) is 82.1 cm³/mol. The number of ether oxygens (including phenoxy) is 1. The molecule has 6 heteroatoms. The van der Waals surface area contributed by atoms with E-state index in [1.165, 1.54) is 6.92 Å². The maximum absolute atomic E-state index is 12.3. The summed E-state index contributed by atoms with van der Waals surface area (Å²) in [6.45, 7) is 4.45. The van der Waals surface area contributed by atoms with Crippen molar-refractivity contribution in [3.63, 3.8) is 0 Å². The number of hydrogen-bond acceptors (Lipinski definition) is 5. The van der Waals surface area contributed by atoms with Gasteiger partial charge in [0.1, 0.15) is 5.58 Å². The lowest BCUT2D eigenvalue weighted by molar-refractivity contribution is -0.118. The number of amides is 1. The number of fused-ring (bicyclic) bond motifs is 1. The third-order valence-corrected chi connectivity index (χ3v) is 3.65. The number of nitrogens with zero attached hydrogens (tertiary/aromatic N) is 1.